The van der Waals surface area contributed by atoms with E-state index in [9.17, 15) is 4.79 Å². The minimum Gasteiger partial charge on any atom is -0.466 e. The van der Waals surface area contributed by atoms with Gasteiger partial charge in [-0.25, -0.2) is 0 Å². The number of hydrogen-bond acceptors (Lipinski definition) is 4. The summed E-state index contributed by atoms with van der Waals surface area (Å²) in [6.45, 7) is 5.23. The van der Waals surface area contributed by atoms with E-state index in [1.807, 2.05) is 13.0 Å². The predicted octanol–water partition coefficient (Wildman–Crippen LogP) is 1.26. The normalized spacial score (nSPS) is 18.6. The Morgan fingerprint density at radius 3 is 2.64 bits per heavy atom. The molecule has 1 aliphatic heterocycles. The molecule has 0 aliphatic carbocycles. The second-order valence-electron chi connectivity index (χ2n) is 2.92. The van der Waals surface area contributed by atoms with Gasteiger partial charge in [-0.15, -0.1) is 0 Å². The molecule has 0 N–H and O–H groups in total. The summed E-state index contributed by atoms with van der Waals surface area (Å²) in [6, 6.07) is 0. The maximum atomic E-state index is 11.2. The molecule has 0 saturated carbocycles. The summed E-state index contributed by atoms with van der Waals surface area (Å²) in [5, 5.41) is 0. The first-order valence-electron chi connectivity index (χ1n) is 4.81. The third kappa shape index (κ3) is 3.12. The van der Waals surface area contributed by atoms with Gasteiger partial charge in [0.2, 0.25) is 0 Å². The maximum Gasteiger partial charge on any atom is 0.310 e. The van der Waals surface area contributed by atoms with Gasteiger partial charge in [0.15, 0.2) is 6.29 Å². The largest absolute Gasteiger partial charge is 0.466 e. The van der Waals surface area contributed by atoms with Crippen LogP contribution < -0.4 is 0 Å². The molecule has 0 spiro atoms. The van der Waals surface area contributed by atoms with E-state index >= 15 is 0 Å². The molecule has 80 valence electrons. The minimum atomic E-state index is -0.357. The molecule has 1 aliphatic rings. The van der Waals surface area contributed by atoms with Crippen LogP contribution in [0.5, 0.6) is 0 Å². The van der Waals surface area contributed by atoms with Gasteiger partial charge in [-0.1, -0.05) is 6.08 Å². The highest BCUT2D eigenvalue weighted by atomic mass is 16.7. The highest BCUT2D eigenvalue weighted by Crippen LogP contribution is 2.17. The molecule has 1 saturated heterocycles. The van der Waals surface area contributed by atoms with Crippen molar-refractivity contribution in [3.8, 4) is 0 Å². The summed E-state index contributed by atoms with van der Waals surface area (Å²) >= 11 is 0. The van der Waals surface area contributed by atoms with Crippen molar-refractivity contribution in [3.63, 3.8) is 0 Å². The highest BCUT2D eigenvalue weighted by molar-refractivity contribution is 5.72. The zero-order valence-electron chi connectivity index (χ0n) is 8.62. The van der Waals surface area contributed by atoms with Crippen LogP contribution in [0.1, 0.15) is 20.3 Å². The lowest BCUT2D eigenvalue weighted by atomic mass is 10.2. The Labute approximate surface area is 83.8 Å². The van der Waals surface area contributed by atoms with Gasteiger partial charge in [0.1, 0.15) is 0 Å². The molecule has 0 amide bonds. The Morgan fingerprint density at radius 2 is 2.14 bits per heavy atom. The number of ether oxygens (including phenoxy) is 3. The van der Waals surface area contributed by atoms with Crippen LogP contribution in [-0.2, 0) is 19.0 Å². The summed E-state index contributed by atoms with van der Waals surface area (Å²) in [4.78, 5) is 11.2. The Balaban J connectivity index is 2.42. The van der Waals surface area contributed by atoms with Crippen molar-refractivity contribution in [1.82, 2.24) is 0 Å². The van der Waals surface area contributed by atoms with E-state index in [-0.39, 0.29) is 18.7 Å². The Bertz CT molecular complexity index is 216. The number of carbonyl (C=O) groups excluding carboxylic acids is 1. The fourth-order valence-electron chi connectivity index (χ4n) is 1.27. The first-order valence-corrected chi connectivity index (χ1v) is 4.81. The minimum absolute atomic E-state index is 0.236. The summed E-state index contributed by atoms with van der Waals surface area (Å²) in [5.41, 5.74) is 0.834. The van der Waals surface area contributed by atoms with E-state index in [0.717, 1.165) is 5.57 Å². The lowest BCUT2D eigenvalue weighted by Gasteiger charge is -2.12. The van der Waals surface area contributed by atoms with Crippen molar-refractivity contribution >= 4 is 5.97 Å². The number of carbonyl (C=O) groups is 1. The van der Waals surface area contributed by atoms with Crippen LogP contribution in [0.2, 0.25) is 0 Å². The molecule has 14 heavy (non-hydrogen) atoms. The molecule has 4 nitrogen and oxygen atoms in total. The van der Waals surface area contributed by atoms with Gasteiger partial charge in [-0.3, -0.25) is 4.79 Å². The van der Waals surface area contributed by atoms with E-state index in [0.29, 0.717) is 19.8 Å². The first-order chi connectivity index (χ1) is 6.77. The van der Waals surface area contributed by atoms with Crippen LogP contribution in [0, 0.1) is 0 Å². The second kappa shape index (κ2) is 5.78. The highest BCUT2D eigenvalue weighted by Gasteiger charge is 2.22. The van der Waals surface area contributed by atoms with E-state index in [4.69, 9.17) is 14.2 Å². The van der Waals surface area contributed by atoms with Crippen LogP contribution in [0.25, 0.3) is 0 Å². The third-order valence-electron chi connectivity index (χ3n) is 1.95. The van der Waals surface area contributed by atoms with Gasteiger partial charge in [0, 0.05) is 0 Å². The molecular formula is C10H16O4. The zero-order valence-corrected chi connectivity index (χ0v) is 8.62. The Morgan fingerprint density at radius 1 is 1.50 bits per heavy atom. The van der Waals surface area contributed by atoms with Gasteiger partial charge >= 0.3 is 5.97 Å². The molecule has 1 fully saturated rings. The first kappa shape index (κ1) is 11.2. The molecule has 1 heterocycles. The summed E-state index contributed by atoms with van der Waals surface area (Å²) < 4.78 is 15.4. The Hall–Kier alpha value is -0.870. The number of allylic oxidation sites excluding steroid dienone is 1. The predicted molar refractivity (Wildman–Crippen MR) is 50.7 cm³/mol. The molecule has 0 atom stereocenters. The van der Waals surface area contributed by atoms with Crippen molar-refractivity contribution in [2.75, 3.05) is 19.8 Å². The molecule has 0 aromatic carbocycles. The zero-order chi connectivity index (χ0) is 10.4. The second-order valence-corrected chi connectivity index (χ2v) is 2.92. The molecule has 4 heteroatoms. The fourth-order valence-corrected chi connectivity index (χ4v) is 1.27. The van der Waals surface area contributed by atoms with Gasteiger partial charge < -0.3 is 14.2 Å². The van der Waals surface area contributed by atoms with Gasteiger partial charge in [0.05, 0.1) is 26.2 Å². The van der Waals surface area contributed by atoms with Gasteiger partial charge in [-0.05, 0) is 19.4 Å². The number of hydrogen-bond donors (Lipinski definition) is 0. The molecule has 0 aromatic heterocycles. The quantitative estimate of drug-likeness (QED) is 0.506. The van der Waals surface area contributed by atoms with E-state index < -0.39 is 0 Å². The van der Waals surface area contributed by atoms with E-state index in [2.05, 4.69) is 0 Å². The van der Waals surface area contributed by atoms with E-state index in [1.54, 1.807) is 6.92 Å². The number of rotatable bonds is 4. The van der Waals surface area contributed by atoms with Crippen molar-refractivity contribution in [2.24, 2.45) is 0 Å². The van der Waals surface area contributed by atoms with Crippen LogP contribution in [0.4, 0.5) is 0 Å². The van der Waals surface area contributed by atoms with E-state index in [1.165, 1.54) is 0 Å². The molecular weight excluding hydrogens is 184 g/mol. The Kier molecular flexibility index (Phi) is 4.62. The lowest BCUT2D eigenvalue weighted by Crippen LogP contribution is -2.16. The van der Waals surface area contributed by atoms with Crippen LogP contribution in [0.15, 0.2) is 11.6 Å². The summed E-state index contributed by atoms with van der Waals surface area (Å²) in [7, 11) is 0. The van der Waals surface area contributed by atoms with Crippen molar-refractivity contribution in [2.45, 2.75) is 26.6 Å². The molecule has 0 aromatic rings. The van der Waals surface area contributed by atoms with Gasteiger partial charge in [-0.2, -0.15) is 0 Å². The molecule has 0 radical (unpaired) electrons. The SMILES string of the molecule is C/C=C(\CC(=O)OCC)C1OCCO1. The standard InChI is InChI=1S/C10H16O4/c1-3-8(7-9(11)12-4-2)10-13-5-6-14-10/h3,10H,4-7H2,1-2H3/b8-3+. The topological polar surface area (TPSA) is 44.8 Å². The third-order valence-corrected chi connectivity index (χ3v) is 1.95. The monoisotopic (exact) mass is 200 g/mol. The lowest BCUT2D eigenvalue weighted by molar-refractivity contribution is -0.143. The number of esters is 1. The van der Waals surface area contributed by atoms with Crippen molar-refractivity contribution in [3.05, 3.63) is 11.6 Å². The maximum absolute atomic E-state index is 11.2. The summed E-state index contributed by atoms with van der Waals surface area (Å²) in [5.74, 6) is -0.236. The molecule has 0 unspecified atom stereocenters. The van der Waals surface area contributed by atoms with Crippen molar-refractivity contribution in [1.29, 1.82) is 0 Å². The smallest absolute Gasteiger partial charge is 0.310 e. The molecule has 0 bridgehead atoms. The van der Waals surface area contributed by atoms with Crippen LogP contribution in [-0.4, -0.2) is 32.1 Å². The summed E-state index contributed by atoms with van der Waals surface area (Å²) in [6.07, 6.45) is 1.73. The van der Waals surface area contributed by atoms with Crippen LogP contribution >= 0.6 is 0 Å². The van der Waals surface area contributed by atoms with Crippen molar-refractivity contribution < 1.29 is 19.0 Å². The average Bonchev–Trinajstić information content (AvgIpc) is 2.67. The molecule has 1 rings (SSSR count). The van der Waals surface area contributed by atoms with Crippen LogP contribution in [0.3, 0.4) is 0 Å². The van der Waals surface area contributed by atoms with Gasteiger partial charge in [0.25, 0.3) is 0 Å². The fraction of sp³-hybridized carbons (Fsp3) is 0.700. The average molecular weight is 200 g/mol.